The normalized spacial score (nSPS) is 18.9. The van der Waals surface area contributed by atoms with E-state index in [0.717, 1.165) is 6.08 Å². The summed E-state index contributed by atoms with van der Waals surface area (Å²) in [7, 11) is 0. The van der Waals surface area contributed by atoms with Crippen LogP contribution in [0.25, 0.3) is 0 Å². The number of likely N-dealkylation sites (tertiary alicyclic amines) is 1. The van der Waals surface area contributed by atoms with E-state index in [1.807, 2.05) is 0 Å². The average molecular weight is 545 g/mol. The van der Waals surface area contributed by atoms with E-state index in [0.29, 0.717) is 35.6 Å². The second-order valence-electron chi connectivity index (χ2n) is 8.70. The number of carboxylic acid groups (broad SMARTS) is 1. The Morgan fingerprint density at radius 2 is 1.97 bits per heavy atom. The topological polar surface area (TPSA) is 123 Å². The molecule has 3 rings (SSSR count). The fourth-order valence-electron chi connectivity index (χ4n) is 4.27. The summed E-state index contributed by atoms with van der Waals surface area (Å²) in [6.45, 7) is -1.42. The van der Waals surface area contributed by atoms with Crippen molar-refractivity contribution in [3.05, 3.63) is 53.6 Å². The number of hydrogen-bond acceptors (Lipinski definition) is 7. The lowest BCUT2D eigenvalue weighted by molar-refractivity contribution is -0.281. The van der Waals surface area contributed by atoms with Gasteiger partial charge in [0.05, 0.1) is 37.2 Å². The fraction of sp³-hybridized carbons (Fsp3) is 0.435. The maximum Gasteiger partial charge on any atom is 0.454 e. The molecule has 0 saturated carbocycles. The smallest absolute Gasteiger partial charge is 0.454 e. The minimum atomic E-state index is -5.84. The van der Waals surface area contributed by atoms with Gasteiger partial charge in [0, 0.05) is 37.3 Å². The quantitative estimate of drug-likeness (QED) is 0.233. The van der Waals surface area contributed by atoms with E-state index in [-0.39, 0.29) is 31.5 Å². The zero-order valence-corrected chi connectivity index (χ0v) is 19.8. The molecule has 1 aliphatic carbocycles. The number of carbonyl (C=O) groups excluding carboxylic acids is 3. The third-order valence-corrected chi connectivity index (χ3v) is 6.16. The van der Waals surface area contributed by atoms with Gasteiger partial charge < -0.3 is 14.9 Å². The van der Waals surface area contributed by atoms with Crippen LogP contribution in [0.5, 0.6) is 0 Å². The van der Waals surface area contributed by atoms with Crippen LogP contribution in [0, 0.1) is 0 Å². The van der Waals surface area contributed by atoms with Gasteiger partial charge in [0.2, 0.25) is 12.8 Å². The Balaban J connectivity index is 1.76. The number of aromatic nitrogens is 1. The molecule has 2 amide bonds. The number of alkyl halides is 5. The summed E-state index contributed by atoms with van der Waals surface area (Å²) in [5.74, 6) is -6.78. The molecule has 2 aliphatic rings. The number of hydrogen-bond donors (Lipinski definition) is 2. The summed E-state index contributed by atoms with van der Waals surface area (Å²) >= 11 is 0. The average Bonchev–Trinajstić information content (AvgIpc) is 3.33. The Kier molecular flexibility index (Phi) is 8.81. The van der Waals surface area contributed by atoms with E-state index >= 15 is 0 Å². The zero-order valence-electron chi connectivity index (χ0n) is 19.8. The van der Waals surface area contributed by atoms with Gasteiger partial charge in [-0.3, -0.25) is 24.2 Å². The highest BCUT2D eigenvalue weighted by Crippen LogP contribution is 2.35. The molecule has 1 saturated heterocycles. The van der Waals surface area contributed by atoms with Crippen molar-refractivity contribution in [3.8, 4) is 0 Å². The standard InChI is InChI=1S/C23H24F5N5O5/c24-22(25,23(26,27)28)12-30-33(14-35)18-6-17(7-19(36)8-18)31-5-3-16(11-31)32(13-34)20(9-21(37)38)15-2-1-4-29-10-15/h1-2,4,6,8,10,13-14,16,20,30H,3,5,7,9,11-12H2,(H,37,38). The molecule has 1 aromatic rings. The van der Waals surface area contributed by atoms with Crippen molar-refractivity contribution in [1.82, 2.24) is 25.2 Å². The van der Waals surface area contributed by atoms with Gasteiger partial charge in [-0.1, -0.05) is 6.07 Å². The predicted octanol–water partition coefficient (Wildman–Crippen LogP) is 2.03. The van der Waals surface area contributed by atoms with Crippen LogP contribution in [-0.2, 0) is 19.2 Å². The van der Waals surface area contributed by atoms with Gasteiger partial charge in [-0.25, -0.2) is 10.4 Å². The lowest BCUT2D eigenvalue weighted by Crippen LogP contribution is -2.50. The van der Waals surface area contributed by atoms with Crippen LogP contribution in [0.3, 0.4) is 0 Å². The van der Waals surface area contributed by atoms with Gasteiger partial charge in [-0.2, -0.15) is 22.0 Å². The Morgan fingerprint density at radius 1 is 1.24 bits per heavy atom. The number of carbonyl (C=O) groups is 4. The number of hydrazine groups is 1. The first-order chi connectivity index (χ1) is 17.9. The summed E-state index contributed by atoms with van der Waals surface area (Å²) < 4.78 is 64.0. The van der Waals surface area contributed by atoms with Crippen molar-refractivity contribution < 1.29 is 46.2 Å². The number of ketones is 1. The van der Waals surface area contributed by atoms with Crippen LogP contribution in [0.15, 0.2) is 48.1 Å². The summed E-state index contributed by atoms with van der Waals surface area (Å²) in [4.78, 5) is 54.3. The highest BCUT2D eigenvalue weighted by Gasteiger charge is 2.57. The summed E-state index contributed by atoms with van der Waals surface area (Å²) in [6.07, 6.45) is -0.242. The molecule has 0 radical (unpaired) electrons. The molecule has 2 heterocycles. The summed E-state index contributed by atoms with van der Waals surface area (Å²) in [6, 6.07) is 1.98. The Hall–Kier alpha value is -3.88. The van der Waals surface area contributed by atoms with E-state index in [2.05, 4.69) is 4.98 Å². The number of allylic oxidation sites excluding steroid dienone is 3. The van der Waals surface area contributed by atoms with E-state index in [1.165, 1.54) is 23.4 Å². The van der Waals surface area contributed by atoms with Gasteiger partial charge in [0.25, 0.3) is 0 Å². The molecule has 2 unspecified atom stereocenters. The molecule has 15 heteroatoms. The zero-order chi connectivity index (χ0) is 28.1. The van der Waals surface area contributed by atoms with Crippen LogP contribution in [0.4, 0.5) is 22.0 Å². The van der Waals surface area contributed by atoms with Crippen LogP contribution in [0.2, 0.25) is 0 Å². The second-order valence-corrected chi connectivity index (χ2v) is 8.70. The molecule has 206 valence electrons. The number of aliphatic carboxylic acids is 1. The number of amides is 2. The molecule has 2 atom stereocenters. The fourth-order valence-corrected chi connectivity index (χ4v) is 4.27. The lowest BCUT2D eigenvalue weighted by Gasteiger charge is -2.33. The third-order valence-electron chi connectivity index (χ3n) is 6.16. The van der Waals surface area contributed by atoms with Gasteiger partial charge >= 0.3 is 18.1 Å². The molecule has 2 N–H and O–H groups in total. The molecule has 38 heavy (non-hydrogen) atoms. The minimum Gasteiger partial charge on any atom is -0.481 e. The van der Waals surface area contributed by atoms with E-state index in [9.17, 15) is 46.2 Å². The first kappa shape index (κ1) is 28.7. The number of pyridine rings is 1. The highest BCUT2D eigenvalue weighted by molar-refractivity contribution is 5.94. The van der Waals surface area contributed by atoms with Gasteiger partial charge in [0.1, 0.15) is 0 Å². The molecular weight excluding hydrogens is 521 g/mol. The molecule has 0 spiro atoms. The Morgan fingerprint density at radius 3 is 2.55 bits per heavy atom. The number of halogens is 5. The molecule has 0 aromatic carbocycles. The van der Waals surface area contributed by atoms with Crippen molar-refractivity contribution in [3.63, 3.8) is 0 Å². The number of carboxylic acids is 1. The van der Waals surface area contributed by atoms with Crippen molar-refractivity contribution >= 4 is 24.6 Å². The largest absolute Gasteiger partial charge is 0.481 e. The van der Waals surface area contributed by atoms with E-state index < -0.39 is 42.5 Å². The van der Waals surface area contributed by atoms with Crippen molar-refractivity contribution in [2.75, 3.05) is 19.6 Å². The molecule has 0 bridgehead atoms. The predicted molar refractivity (Wildman–Crippen MR) is 120 cm³/mol. The Bertz CT molecular complexity index is 1110. The van der Waals surface area contributed by atoms with Crippen LogP contribution >= 0.6 is 0 Å². The van der Waals surface area contributed by atoms with Gasteiger partial charge in [-0.05, 0) is 24.1 Å². The SMILES string of the molecule is O=CN(NCC(F)(F)C(F)(F)F)C1=CC(=O)CC(N2CCC(N(C=O)C(CC(=O)O)c3cccnc3)C2)=C1. The van der Waals surface area contributed by atoms with Gasteiger partial charge in [0.15, 0.2) is 5.78 Å². The molecule has 1 fully saturated rings. The molecule has 10 nitrogen and oxygen atoms in total. The molecule has 1 aliphatic heterocycles. The first-order valence-corrected chi connectivity index (χ1v) is 11.3. The van der Waals surface area contributed by atoms with Crippen LogP contribution in [-0.4, -0.2) is 87.2 Å². The van der Waals surface area contributed by atoms with Crippen molar-refractivity contribution in [2.24, 2.45) is 0 Å². The van der Waals surface area contributed by atoms with E-state index in [1.54, 1.807) is 22.5 Å². The number of rotatable bonds is 12. The molecular formula is C23H24F5N5O5. The monoisotopic (exact) mass is 545 g/mol. The van der Waals surface area contributed by atoms with Crippen molar-refractivity contribution in [1.29, 1.82) is 0 Å². The van der Waals surface area contributed by atoms with E-state index in [4.69, 9.17) is 0 Å². The first-order valence-electron chi connectivity index (χ1n) is 11.3. The summed E-state index contributed by atoms with van der Waals surface area (Å²) in [5, 5.41) is 9.75. The van der Waals surface area contributed by atoms with Crippen LogP contribution in [0.1, 0.15) is 30.9 Å². The third kappa shape index (κ3) is 6.70. The van der Waals surface area contributed by atoms with Crippen LogP contribution < -0.4 is 5.43 Å². The summed E-state index contributed by atoms with van der Waals surface area (Å²) in [5.41, 5.74) is 2.33. The maximum atomic E-state index is 13.3. The molecule has 1 aromatic heterocycles. The number of nitrogens with zero attached hydrogens (tertiary/aromatic N) is 4. The maximum absolute atomic E-state index is 13.3. The second kappa shape index (κ2) is 11.7. The highest BCUT2D eigenvalue weighted by atomic mass is 19.4. The number of nitrogens with one attached hydrogen (secondary N) is 1. The minimum absolute atomic E-state index is 0.0314. The lowest BCUT2D eigenvalue weighted by atomic mass is 10.0. The van der Waals surface area contributed by atoms with Crippen molar-refractivity contribution in [2.45, 2.75) is 43.4 Å². The van der Waals surface area contributed by atoms with Gasteiger partial charge in [-0.15, -0.1) is 0 Å². The Labute approximate surface area is 213 Å².